The number of rotatable bonds is 4. The van der Waals surface area contributed by atoms with E-state index in [1.54, 1.807) is 12.3 Å². The summed E-state index contributed by atoms with van der Waals surface area (Å²) >= 11 is 9.09. The van der Waals surface area contributed by atoms with Gasteiger partial charge in [-0.25, -0.2) is 4.98 Å². The molecule has 0 saturated carbocycles. The first kappa shape index (κ1) is 11.8. The number of nitrogens with one attached hydrogen (secondary N) is 1. The lowest BCUT2D eigenvalue weighted by atomic mass is 10.2. The van der Waals surface area contributed by atoms with Gasteiger partial charge in [0.2, 0.25) is 0 Å². The monoisotopic (exact) mass is 278 g/mol. The van der Waals surface area contributed by atoms with Crippen LogP contribution >= 0.6 is 27.5 Å². The molecule has 0 aliphatic heterocycles. The number of aromatic nitrogens is 1. The third kappa shape index (κ3) is 3.44. The van der Waals surface area contributed by atoms with Crippen LogP contribution in [0, 0.1) is 5.92 Å². The summed E-state index contributed by atoms with van der Waals surface area (Å²) in [6.07, 6.45) is 1.58. The number of nitrogens with zero attached hydrogens (tertiary/aromatic N) is 1. The van der Waals surface area contributed by atoms with E-state index in [-0.39, 0.29) is 12.5 Å². The molecule has 0 aliphatic rings. The van der Waals surface area contributed by atoms with Crippen LogP contribution < -0.4 is 5.32 Å². The van der Waals surface area contributed by atoms with Crippen molar-refractivity contribution in [2.45, 2.75) is 6.92 Å². The first-order valence-corrected chi connectivity index (χ1v) is 5.46. The lowest BCUT2D eigenvalue weighted by molar-refractivity contribution is 0.244. The van der Waals surface area contributed by atoms with Crippen LogP contribution in [0.2, 0.25) is 5.02 Å². The predicted octanol–water partition coefficient (Wildman–Crippen LogP) is 2.54. The molecule has 0 radical (unpaired) electrons. The van der Waals surface area contributed by atoms with Crippen LogP contribution in [0.4, 0.5) is 5.82 Å². The Kier molecular flexibility index (Phi) is 4.65. The number of pyridine rings is 1. The van der Waals surface area contributed by atoms with Crippen molar-refractivity contribution >= 4 is 33.3 Å². The zero-order valence-electron chi connectivity index (χ0n) is 7.80. The molecule has 0 fully saturated rings. The normalized spacial score (nSPS) is 12.6. The molecule has 1 aromatic heterocycles. The van der Waals surface area contributed by atoms with Crippen LogP contribution in [-0.4, -0.2) is 23.2 Å². The van der Waals surface area contributed by atoms with Gasteiger partial charge in [-0.2, -0.15) is 0 Å². The van der Waals surface area contributed by atoms with Gasteiger partial charge in [0.1, 0.15) is 5.82 Å². The van der Waals surface area contributed by atoms with Crippen LogP contribution in [0.25, 0.3) is 0 Å². The Morgan fingerprint density at radius 2 is 2.43 bits per heavy atom. The maximum Gasteiger partial charge on any atom is 0.140 e. The molecule has 0 aromatic carbocycles. The molecule has 5 heteroatoms. The highest BCUT2D eigenvalue weighted by molar-refractivity contribution is 9.10. The van der Waals surface area contributed by atoms with Gasteiger partial charge >= 0.3 is 0 Å². The van der Waals surface area contributed by atoms with Gasteiger partial charge in [0.15, 0.2) is 0 Å². The number of aliphatic hydroxyl groups excluding tert-OH is 1. The van der Waals surface area contributed by atoms with Crippen LogP contribution in [0.1, 0.15) is 6.92 Å². The Bertz CT molecular complexity index is 309. The third-order valence-corrected chi connectivity index (χ3v) is 2.55. The van der Waals surface area contributed by atoms with Gasteiger partial charge in [-0.15, -0.1) is 0 Å². The molecular weight excluding hydrogens is 267 g/mol. The first-order valence-electron chi connectivity index (χ1n) is 4.29. The highest BCUT2D eigenvalue weighted by Gasteiger charge is 2.04. The van der Waals surface area contributed by atoms with Gasteiger partial charge in [0.05, 0.1) is 9.50 Å². The fourth-order valence-electron chi connectivity index (χ4n) is 0.880. The van der Waals surface area contributed by atoms with E-state index in [0.29, 0.717) is 11.6 Å². The summed E-state index contributed by atoms with van der Waals surface area (Å²) < 4.78 is 0.829. The van der Waals surface area contributed by atoms with Crippen LogP contribution in [0.5, 0.6) is 0 Å². The average molecular weight is 280 g/mol. The number of halogens is 2. The summed E-state index contributed by atoms with van der Waals surface area (Å²) in [5.41, 5.74) is 0. The molecule has 1 rings (SSSR count). The van der Waals surface area contributed by atoms with Gasteiger partial charge in [-0.3, -0.25) is 0 Å². The molecule has 0 bridgehead atoms. The minimum absolute atomic E-state index is 0.165. The summed E-state index contributed by atoms with van der Waals surface area (Å²) in [5.74, 6) is 0.953. The Morgan fingerprint density at radius 3 is 3.00 bits per heavy atom. The van der Waals surface area contributed by atoms with E-state index < -0.39 is 0 Å². The van der Waals surface area contributed by atoms with Crippen molar-refractivity contribution in [3.05, 3.63) is 21.8 Å². The second-order valence-electron chi connectivity index (χ2n) is 3.15. The Hall–Kier alpha value is -0.320. The van der Waals surface area contributed by atoms with Crippen molar-refractivity contribution in [1.82, 2.24) is 4.98 Å². The topological polar surface area (TPSA) is 45.1 Å². The van der Waals surface area contributed by atoms with Crippen LogP contribution in [-0.2, 0) is 0 Å². The SMILES string of the molecule is CC(CO)CNc1ncc(Cl)cc1Br. The highest BCUT2D eigenvalue weighted by atomic mass is 79.9. The molecule has 3 nitrogen and oxygen atoms in total. The Morgan fingerprint density at radius 1 is 1.71 bits per heavy atom. The van der Waals surface area contributed by atoms with Gasteiger partial charge in [0.25, 0.3) is 0 Å². The van der Waals surface area contributed by atoms with Crippen LogP contribution in [0.3, 0.4) is 0 Å². The molecule has 2 N–H and O–H groups in total. The van der Waals surface area contributed by atoms with E-state index in [0.717, 1.165) is 10.3 Å². The van der Waals surface area contributed by atoms with E-state index in [1.807, 2.05) is 6.92 Å². The minimum atomic E-state index is 0.165. The number of anilines is 1. The lowest BCUT2D eigenvalue weighted by Crippen LogP contribution is -2.15. The zero-order chi connectivity index (χ0) is 10.6. The number of hydrogen-bond acceptors (Lipinski definition) is 3. The molecule has 0 amide bonds. The molecule has 1 unspecified atom stereocenters. The van der Waals surface area contributed by atoms with Gasteiger partial charge in [0, 0.05) is 19.3 Å². The van der Waals surface area contributed by atoms with Crippen molar-refractivity contribution in [2.24, 2.45) is 5.92 Å². The largest absolute Gasteiger partial charge is 0.396 e. The van der Waals surface area contributed by atoms with E-state index in [9.17, 15) is 0 Å². The molecule has 14 heavy (non-hydrogen) atoms. The third-order valence-electron chi connectivity index (χ3n) is 1.74. The quantitative estimate of drug-likeness (QED) is 0.890. The van der Waals surface area contributed by atoms with E-state index >= 15 is 0 Å². The molecular formula is C9H12BrClN2O. The second-order valence-corrected chi connectivity index (χ2v) is 4.44. The maximum absolute atomic E-state index is 8.83. The summed E-state index contributed by atoms with van der Waals surface area (Å²) in [7, 11) is 0. The molecule has 0 aliphatic carbocycles. The van der Waals surface area contributed by atoms with Crippen molar-refractivity contribution in [1.29, 1.82) is 0 Å². The molecule has 1 heterocycles. The molecule has 1 aromatic rings. The fraction of sp³-hybridized carbons (Fsp3) is 0.444. The summed E-state index contributed by atoms with van der Waals surface area (Å²) in [4.78, 5) is 4.11. The molecule has 1 atom stereocenters. The fourth-order valence-corrected chi connectivity index (χ4v) is 1.66. The zero-order valence-corrected chi connectivity index (χ0v) is 10.1. The van der Waals surface area contributed by atoms with Crippen molar-refractivity contribution in [2.75, 3.05) is 18.5 Å². The van der Waals surface area contributed by atoms with E-state index in [4.69, 9.17) is 16.7 Å². The van der Waals surface area contributed by atoms with Crippen molar-refractivity contribution in [3.8, 4) is 0 Å². The Labute approximate surface area is 96.6 Å². The number of aliphatic hydroxyl groups is 1. The van der Waals surface area contributed by atoms with Crippen molar-refractivity contribution < 1.29 is 5.11 Å². The van der Waals surface area contributed by atoms with Gasteiger partial charge < -0.3 is 10.4 Å². The van der Waals surface area contributed by atoms with E-state index in [2.05, 4.69) is 26.2 Å². The van der Waals surface area contributed by atoms with Crippen molar-refractivity contribution in [3.63, 3.8) is 0 Å². The van der Waals surface area contributed by atoms with E-state index in [1.165, 1.54) is 0 Å². The molecule has 0 saturated heterocycles. The summed E-state index contributed by atoms with van der Waals surface area (Å²) in [6.45, 7) is 2.80. The van der Waals surface area contributed by atoms with Crippen LogP contribution in [0.15, 0.2) is 16.7 Å². The lowest BCUT2D eigenvalue weighted by Gasteiger charge is -2.11. The van der Waals surface area contributed by atoms with Gasteiger partial charge in [-0.1, -0.05) is 18.5 Å². The number of hydrogen-bond donors (Lipinski definition) is 2. The first-order chi connectivity index (χ1) is 6.63. The van der Waals surface area contributed by atoms with Gasteiger partial charge in [-0.05, 0) is 27.9 Å². The molecule has 0 spiro atoms. The molecule has 78 valence electrons. The highest BCUT2D eigenvalue weighted by Crippen LogP contribution is 2.23. The standard InChI is InChI=1S/C9H12BrClN2O/c1-6(5-14)3-12-9-8(10)2-7(11)4-13-9/h2,4,6,14H,3,5H2,1H3,(H,12,13). The predicted molar refractivity (Wildman–Crippen MR) is 61.7 cm³/mol. The Balaban J connectivity index is 2.59. The minimum Gasteiger partial charge on any atom is -0.396 e. The average Bonchev–Trinajstić information content (AvgIpc) is 2.16. The smallest absolute Gasteiger partial charge is 0.140 e. The maximum atomic E-state index is 8.83. The second kappa shape index (κ2) is 5.53. The summed E-state index contributed by atoms with van der Waals surface area (Å²) in [6, 6.07) is 1.78. The summed E-state index contributed by atoms with van der Waals surface area (Å²) in [5, 5.41) is 12.5.